The summed E-state index contributed by atoms with van der Waals surface area (Å²) in [5.74, 6) is -0.723. The second-order valence-corrected chi connectivity index (χ2v) is 5.16. The van der Waals surface area contributed by atoms with Gasteiger partial charge in [0.15, 0.2) is 6.10 Å². The SMILES string of the molecule is CCOc1ccccc1C(=O)OC(C)C(=O)Nc1cccc(C#N)c1. The van der Waals surface area contributed by atoms with Crippen LogP contribution in [0.2, 0.25) is 0 Å². The summed E-state index contributed by atoms with van der Waals surface area (Å²) in [6.07, 6.45) is -1.01. The number of hydrogen-bond donors (Lipinski definition) is 1. The first-order valence-electron chi connectivity index (χ1n) is 7.79. The number of nitrogens with one attached hydrogen (secondary N) is 1. The Morgan fingerprint density at radius 1 is 1.20 bits per heavy atom. The summed E-state index contributed by atoms with van der Waals surface area (Å²) < 4.78 is 10.6. The van der Waals surface area contributed by atoms with Gasteiger partial charge in [-0.25, -0.2) is 4.79 Å². The van der Waals surface area contributed by atoms with Crippen molar-refractivity contribution in [3.63, 3.8) is 0 Å². The van der Waals surface area contributed by atoms with Crippen molar-refractivity contribution in [3.8, 4) is 11.8 Å². The number of carbonyl (C=O) groups excluding carboxylic acids is 2. The van der Waals surface area contributed by atoms with Crippen LogP contribution in [0.5, 0.6) is 5.75 Å². The number of amides is 1. The van der Waals surface area contributed by atoms with Gasteiger partial charge in [0.05, 0.1) is 18.2 Å². The minimum Gasteiger partial charge on any atom is -0.493 e. The average Bonchev–Trinajstić information content (AvgIpc) is 2.62. The van der Waals surface area contributed by atoms with Crippen LogP contribution >= 0.6 is 0 Å². The number of carbonyl (C=O) groups is 2. The molecule has 0 bridgehead atoms. The van der Waals surface area contributed by atoms with E-state index in [1.807, 2.05) is 13.0 Å². The van der Waals surface area contributed by atoms with Crippen LogP contribution in [0.1, 0.15) is 29.8 Å². The number of nitriles is 1. The first kappa shape index (κ1) is 18.0. The lowest BCUT2D eigenvalue weighted by molar-refractivity contribution is -0.123. The molecule has 2 rings (SSSR count). The molecule has 128 valence electrons. The molecule has 1 atom stereocenters. The molecule has 0 saturated heterocycles. The molecule has 6 heteroatoms. The molecule has 0 fully saturated rings. The third-order valence-corrected chi connectivity index (χ3v) is 3.32. The molecule has 0 saturated carbocycles. The Morgan fingerprint density at radius 3 is 2.68 bits per heavy atom. The van der Waals surface area contributed by atoms with Crippen molar-refractivity contribution in [3.05, 3.63) is 59.7 Å². The second kappa shape index (κ2) is 8.50. The van der Waals surface area contributed by atoms with Gasteiger partial charge >= 0.3 is 5.97 Å². The smallest absolute Gasteiger partial charge is 0.342 e. The number of para-hydroxylation sites is 1. The minimum atomic E-state index is -1.01. The van der Waals surface area contributed by atoms with Crippen molar-refractivity contribution in [2.75, 3.05) is 11.9 Å². The van der Waals surface area contributed by atoms with Gasteiger partial charge in [0.2, 0.25) is 0 Å². The first-order chi connectivity index (χ1) is 12.0. The molecule has 0 heterocycles. The third-order valence-electron chi connectivity index (χ3n) is 3.32. The van der Waals surface area contributed by atoms with Gasteiger partial charge < -0.3 is 14.8 Å². The van der Waals surface area contributed by atoms with Crippen molar-refractivity contribution in [1.29, 1.82) is 5.26 Å². The monoisotopic (exact) mass is 338 g/mol. The van der Waals surface area contributed by atoms with E-state index in [-0.39, 0.29) is 5.56 Å². The molecule has 6 nitrogen and oxygen atoms in total. The standard InChI is InChI=1S/C19H18N2O4/c1-3-24-17-10-5-4-9-16(17)19(23)25-13(2)18(22)21-15-8-6-7-14(11-15)12-20/h4-11,13H,3H2,1-2H3,(H,21,22). The van der Waals surface area contributed by atoms with E-state index in [2.05, 4.69) is 5.32 Å². The highest BCUT2D eigenvalue weighted by Gasteiger charge is 2.21. The van der Waals surface area contributed by atoms with Crippen LogP contribution in [-0.4, -0.2) is 24.6 Å². The maximum absolute atomic E-state index is 12.3. The molecule has 2 aromatic carbocycles. The number of benzene rings is 2. The van der Waals surface area contributed by atoms with Crippen LogP contribution in [0.25, 0.3) is 0 Å². The van der Waals surface area contributed by atoms with E-state index in [0.29, 0.717) is 23.6 Å². The van der Waals surface area contributed by atoms with Gasteiger partial charge in [-0.05, 0) is 44.2 Å². The van der Waals surface area contributed by atoms with Crippen LogP contribution in [-0.2, 0) is 9.53 Å². The Hall–Kier alpha value is -3.33. The predicted octanol–water partition coefficient (Wildman–Crippen LogP) is 3.14. The first-order valence-corrected chi connectivity index (χ1v) is 7.79. The molecular formula is C19H18N2O4. The number of nitrogens with zero attached hydrogens (tertiary/aromatic N) is 1. The molecule has 1 amide bonds. The summed E-state index contributed by atoms with van der Waals surface area (Å²) in [4.78, 5) is 24.5. The number of rotatable bonds is 6. The van der Waals surface area contributed by atoms with Gasteiger partial charge in [-0.15, -0.1) is 0 Å². The van der Waals surface area contributed by atoms with Crippen molar-refractivity contribution in [1.82, 2.24) is 0 Å². The molecular weight excluding hydrogens is 320 g/mol. The zero-order chi connectivity index (χ0) is 18.2. The highest BCUT2D eigenvalue weighted by Crippen LogP contribution is 2.20. The Labute approximate surface area is 146 Å². The van der Waals surface area contributed by atoms with Crippen LogP contribution < -0.4 is 10.1 Å². The van der Waals surface area contributed by atoms with Crippen LogP contribution in [0.4, 0.5) is 5.69 Å². The number of hydrogen-bond acceptors (Lipinski definition) is 5. The molecule has 1 N–H and O–H groups in total. The number of ether oxygens (including phenoxy) is 2. The number of anilines is 1. The van der Waals surface area contributed by atoms with E-state index < -0.39 is 18.0 Å². The van der Waals surface area contributed by atoms with Crippen molar-refractivity contribution >= 4 is 17.6 Å². The molecule has 1 unspecified atom stereocenters. The molecule has 0 aliphatic heterocycles. The lowest BCUT2D eigenvalue weighted by Crippen LogP contribution is -2.30. The average molecular weight is 338 g/mol. The summed E-state index contributed by atoms with van der Waals surface area (Å²) in [5.41, 5.74) is 1.14. The molecule has 0 aromatic heterocycles. The van der Waals surface area contributed by atoms with Crippen LogP contribution in [0, 0.1) is 11.3 Å². The van der Waals surface area contributed by atoms with Crippen molar-refractivity contribution < 1.29 is 19.1 Å². The van der Waals surface area contributed by atoms with E-state index in [9.17, 15) is 9.59 Å². The quantitative estimate of drug-likeness (QED) is 0.818. The molecule has 0 radical (unpaired) electrons. The Morgan fingerprint density at radius 2 is 1.96 bits per heavy atom. The number of esters is 1. The minimum absolute atomic E-state index is 0.260. The summed E-state index contributed by atoms with van der Waals surface area (Å²) in [6, 6.07) is 15.1. The maximum atomic E-state index is 12.3. The Bertz CT molecular complexity index is 811. The van der Waals surface area contributed by atoms with E-state index in [1.165, 1.54) is 13.0 Å². The maximum Gasteiger partial charge on any atom is 0.342 e. The molecule has 2 aromatic rings. The van der Waals surface area contributed by atoms with Crippen LogP contribution in [0.3, 0.4) is 0 Å². The van der Waals surface area contributed by atoms with E-state index in [1.54, 1.807) is 42.5 Å². The van der Waals surface area contributed by atoms with Gasteiger partial charge in [0.1, 0.15) is 11.3 Å². The Kier molecular flexibility index (Phi) is 6.13. The van der Waals surface area contributed by atoms with E-state index in [0.717, 1.165) is 0 Å². The zero-order valence-electron chi connectivity index (χ0n) is 14.0. The summed E-state index contributed by atoms with van der Waals surface area (Å²) >= 11 is 0. The topological polar surface area (TPSA) is 88.4 Å². The molecule has 0 aliphatic rings. The van der Waals surface area contributed by atoms with Crippen molar-refractivity contribution in [2.24, 2.45) is 0 Å². The Balaban J connectivity index is 2.03. The fourth-order valence-corrected chi connectivity index (χ4v) is 2.10. The van der Waals surface area contributed by atoms with Gasteiger partial charge in [-0.1, -0.05) is 18.2 Å². The van der Waals surface area contributed by atoms with Crippen LogP contribution in [0.15, 0.2) is 48.5 Å². The highest BCUT2D eigenvalue weighted by molar-refractivity contribution is 5.98. The zero-order valence-corrected chi connectivity index (χ0v) is 14.0. The van der Waals surface area contributed by atoms with Gasteiger partial charge in [0.25, 0.3) is 5.91 Å². The molecule has 0 spiro atoms. The fourth-order valence-electron chi connectivity index (χ4n) is 2.10. The van der Waals surface area contributed by atoms with Crippen molar-refractivity contribution in [2.45, 2.75) is 20.0 Å². The van der Waals surface area contributed by atoms with E-state index in [4.69, 9.17) is 14.7 Å². The highest BCUT2D eigenvalue weighted by atomic mass is 16.5. The van der Waals surface area contributed by atoms with Gasteiger partial charge in [0, 0.05) is 5.69 Å². The lowest BCUT2D eigenvalue weighted by atomic mass is 10.2. The van der Waals surface area contributed by atoms with Gasteiger partial charge in [-0.3, -0.25) is 4.79 Å². The fraction of sp³-hybridized carbons (Fsp3) is 0.211. The molecule has 0 aliphatic carbocycles. The van der Waals surface area contributed by atoms with E-state index >= 15 is 0 Å². The van der Waals surface area contributed by atoms with Gasteiger partial charge in [-0.2, -0.15) is 5.26 Å². The summed E-state index contributed by atoms with van der Waals surface area (Å²) in [5, 5.41) is 11.5. The lowest BCUT2D eigenvalue weighted by Gasteiger charge is -2.15. The largest absolute Gasteiger partial charge is 0.493 e. The summed E-state index contributed by atoms with van der Waals surface area (Å²) in [7, 11) is 0. The predicted molar refractivity (Wildman–Crippen MR) is 92.3 cm³/mol. The third kappa shape index (κ3) is 4.82. The summed E-state index contributed by atoms with van der Waals surface area (Å²) in [6.45, 7) is 3.70. The second-order valence-electron chi connectivity index (χ2n) is 5.16. The normalized spacial score (nSPS) is 11.1. The molecule has 25 heavy (non-hydrogen) atoms.